The third-order valence-electron chi connectivity index (χ3n) is 6.91. The van der Waals surface area contributed by atoms with E-state index in [-0.39, 0.29) is 0 Å². The maximum atomic E-state index is 5.48. The average molecular weight is 583 g/mol. The minimum absolute atomic E-state index is 0.465. The lowest BCUT2D eigenvalue weighted by Crippen LogP contribution is -2.04. The molecule has 2 aromatic carbocycles. The van der Waals surface area contributed by atoms with E-state index in [1.54, 1.807) is 36.5 Å². The van der Waals surface area contributed by atoms with Gasteiger partial charge in [-0.2, -0.15) is 0 Å². The second kappa shape index (κ2) is 10.5. The van der Waals surface area contributed by atoms with Crippen molar-refractivity contribution < 1.29 is 4.42 Å². The van der Waals surface area contributed by atoms with E-state index in [9.17, 15) is 0 Å². The van der Waals surface area contributed by atoms with Crippen molar-refractivity contribution in [1.29, 1.82) is 0 Å². The van der Waals surface area contributed by atoms with Crippen molar-refractivity contribution in [2.45, 2.75) is 6.54 Å². The number of benzene rings is 2. The van der Waals surface area contributed by atoms with Gasteiger partial charge in [0.15, 0.2) is 0 Å². The van der Waals surface area contributed by atoms with Crippen LogP contribution in [0.4, 0.5) is 16.9 Å². The molecule has 0 aliphatic carbocycles. The Labute approximate surface area is 248 Å². The first kappa shape index (κ1) is 24.9. The summed E-state index contributed by atoms with van der Waals surface area (Å²) in [5.41, 5.74) is 7.99. The van der Waals surface area contributed by atoms with E-state index in [1.807, 2.05) is 72.8 Å². The summed E-state index contributed by atoms with van der Waals surface area (Å²) in [6, 6.07) is 23.7. The summed E-state index contributed by atoms with van der Waals surface area (Å²) in [6.45, 7) is 0.465. The van der Waals surface area contributed by atoms with E-state index >= 15 is 0 Å². The van der Waals surface area contributed by atoms with Crippen LogP contribution in [0.1, 0.15) is 5.76 Å². The Hall–Kier alpha value is -5.88. The fourth-order valence-corrected chi connectivity index (χ4v) is 5.66. The first-order valence-corrected chi connectivity index (χ1v) is 14.3. The Morgan fingerprint density at radius 3 is 2.21 bits per heavy atom. The molecule has 0 amide bonds. The van der Waals surface area contributed by atoms with Gasteiger partial charge < -0.3 is 25.0 Å². The number of hydrogen-bond acceptors (Lipinski definition) is 10. The maximum absolute atomic E-state index is 5.48. The Balaban J connectivity index is 1.09. The molecule has 0 unspecified atom stereocenters. The van der Waals surface area contributed by atoms with Crippen LogP contribution in [-0.2, 0) is 6.54 Å². The number of rotatable bonds is 8. The Bertz CT molecular complexity index is 2200. The average Bonchev–Trinajstić information content (AvgIpc) is 3.87. The summed E-state index contributed by atoms with van der Waals surface area (Å²) < 4.78 is 5.48. The van der Waals surface area contributed by atoms with E-state index in [1.165, 1.54) is 0 Å². The minimum atomic E-state index is 0.465. The summed E-state index contributed by atoms with van der Waals surface area (Å²) >= 11 is 1.56. The molecule has 208 valence electrons. The van der Waals surface area contributed by atoms with Crippen LogP contribution in [-0.4, -0.2) is 39.9 Å². The molecule has 0 radical (unpaired) electrons. The molecule has 11 nitrogen and oxygen atoms in total. The standard InChI is InChI=1S/C31H22N10OS/c1-2-20(42-11-1)15-33-31-39-24(19-4-6-23-26(13-19)37-17-35-23)14-27(40-31)28-7-8-29(43-28)41-30-32-10-9-21(38-30)18-3-5-22-25(12-18)36-16-34-22/h1-14,16-17H,15H2,(H,34,36)(H,35,37)(H,32,38,41)(H,33,39,40). The molecule has 43 heavy (non-hydrogen) atoms. The van der Waals surface area contributed by atoms with Crippen molar-refractivity contribution in [3.05, 3.63) is 104 Å². The van der Waals surface area contributed by atoms with Crippen molar-refractivity contribution >= 4 is 50.3 Å². The van der Waals surface area contributed by atoms with Crippen LogP contribution in [0, 0.1) is 0 Å². The highest BCUT2D eigenvalue weighted by Gasteiger charge is 2.13. The summed E-state index contributed by atoms with van der Waals surface area (Å²) in [5.74, 6) is 1.80. The molecule has 0 aliphatic rings. The van der Waals surface area contributed by atoms with Gasteiger partial charge in [-0.15, -0.1) is 11.3 Å². The van der Waals surface area contributed by atoms with Crippen molar-refractivity contribution in [3.8, 4) is 33.1 Å². The predicted octanol–water partition coefficient (Wildman–Crippen LogP) is 7.03. The van der Waals surface area contributed by atoms with E-state index in [4.69, 9.17) is 19.4 Å². The summed E-state index contributed by atoms with van der Waals surface area (Å²) in [5, 5.41) is 7.54. The molecule has 0 aliphatic heterocycles. The first-order valence-electron chi connectivity index (χ1n) is 13.5. The molecule has 0 spiro atoms. The van der Waals surface area contributed by atoms with Crippen LogP contribution in [0.15, 0.2) is 102 Å². The van der Waals surface area contributed by atoms with Gasteiger partial charge in [-0.1, -0.05) is 12.1 Å². The molecular formula is C31H22N10OS. The van der Waals surface area contributed by atoms with Crippen LogP contribution in [0.3, 0.4) is 0 Å². The van der Waals surface area contributed by atoms with Crippen molar-refractivity contribution in [2.24, 2.45) is 0 Å². The third-order valence-corrected chi connectivity index (χ3v) is 7.93. The molecule has 12 heteroatoms. The summed E-state index contributed by atoms with van der Waals surface area (Å²) in [4.78, 5) is 34.8. The number of aromatic amines is 2. The second-order valence-electron chi connectivity index (χ2n) is 9.72. The van der Waals surface area contributed by atoms with Gasteiger partial charge in [0, 0.05) is 17.3 Å². The quantitative estimate of drug-likeness (QED) is 0.148. The normalized spacial score (nSPS) is 11.3. The van der Waals surface area contributed by atoms with E-state index < -0.39 is 0 Å². The molecule has 8 aromatic rings. The largest absolute Gasteiger partial charge is 0.467 e. The van der Waals surface area contributed by atoms with Crippen LogP contribution in [0.5, 0.6) is 0 Å². The molecule has 0 saturated heterocycles. The topological polar surface area (TPSA) is 146 Å². The van der Waals surface area contributed by atoms with Crippen LogP contribution >= 0.6 is 11.3 Å². The maximum Gasteiger partial charge on any atom is 0.228 e. The smallest absolute Gasteiger partial charge is 0.228 e. The highest BCUT2D eigenvalue weighted by molar-refractivity contribution is 7.19. The molecule has 6 aromatic heterocycles. The SMILES string of the molecule is c1coc(CNc2nc(-c3ccc4[nH]cnc4c3)cc(-c3ccc(Nc4nccc(-c5ccc6[nH]cnc6c5)n4)s3)n2)c1. The lowest BCUT2D eigenvalue weighted by molar-refractivity contribution is 0.517. The molecule has 8 rings (SSSR count). The van der Waals surface area contributed by atoms with E-state index in [0.29, 0.717) is 18.4 Å². The number of H-pyrrole nitrogens is 2. The minimum Gasteiger partial charge on any atom is -0.467 e. The molecule has 0 bridgehead atoms. The molecule has 4 N–H and O–H groups in total. The zero-order valence-corrected chi connectivity index (χ0v) is 23.3. The predicted molar refractivity (Wildman–Crippen MR) is 167 cm³/mol. The molecule has 0 fully saturated rings. The van der Waals surface area contributed by atoms with Crippen molar-refractivity contribution in [1.82, 2.24) is 39.9 Å². The number of furan rings is 1. The van der Waals surface area contributed by atoms with Gasteiger partial charge in [0.1, 0.15) is 5.76 Å². The van der Waals surface area contributed by atoms with Crippen LogP contribution in [0.25, 0.3) is 55.2 Å². The molecule has 0 atom stereocenters. The molecule has 6 heterocycles. The number of imidazole rings is 2. The monoisotopic (exact) mass is 582 g/mol. The number of nitrogens with zero attached hydrogens (tertiary/aromatic N) is 6. The van der Waals surface area contributed by atoms with E-state index in [2.05, 4.69) is 35.6 Å². The van der Waals surface area contributed by atoms with Gasteiger partial charge in [0.25, 0.3) is 0 Å². The third kappa shape index (κ3) is 5.06. The molecular weight excluding hydrogens is 560 g/mol. The van der Waals surface area contributed by atoms with Gasteiger partial charge in [0.05, 0.1) is 74.5 Å². The van der Waals surface area contributed by atoms with Crippen LogP contribution < -0.4 is 10.6 Å². The van der Waals surface area contributed by atoms with Crippen molar-refractivity contribution in [3.63, 3.8) is 0 Å². The highest BCUT2D eigenvalue weighted by atomic mass is 32.1. The summed E-state index contributed by atoms with van der Waals surface area (Å²) in [7, 11) is 0. The molecule has 0 saturated carbocycles. The summed E-state index contributed by atoms with van der Waals surface area (Å²) in [6.07, 6.45) is 6.77. The zero-order chi connectivity index (χ0) is 28.6. The van der Waals surface area contributed by atoms with Gasteiger partial charge in [0.2, 0.25) is 11.9 Å². The number of hydrogen-bond donors (Lipinski definition) is 4. The fraction of sp³-hybridized carbons (Fsp3) is 0.0323. The van der Waals surface area contributed by atoms with Gasteiger partial charge >= 0.3 is 0 Å². The highest BCUT2D eigenvalue weighted by Crippen LogP contribution is 2.34. The Kier molecular flexibility index (Phi) is 6.08. The van der Waals surface area contributed by atoms with Crippen molar-refractivity contribution in [2.75, 3.05) is 10.6 Å². The number of aromatic nitrogens is 8. The Morgan fingerprint density at radius 1 is 0.698 bits per heavy atom. The second-order valence-corrected chi connectivity index (χ2v) is 10.8. The van der Waals surface area contributed by atoms with Crippen LogP contribution in [0.2, 0.25) is 0 Å². The lowest BCUT2D eigenvalue weighted by atomic mass is 10.1. The van der Waals surface area contributed by atoms with Gasteiger partial charge in [-0.25, -0.2) is 29.9 Å². The number of thiophene rings is 1. The number of anilines is 3. The van der Waals surface area contributed by atoms with Gasteiger partial charge in [-0.05, 0) is 60.7 Å². The fourth-order valence-electron chi connectivity index (χ4n) is 4.79. The Morgan fingerprint density at radius 2 is 1.44 bits per heavy atom. The first-order chi connectivity index (χ1) is 21.2. The lowest BCUT2D eigenvalue weighted by Gasteiger charge is -2.09. The zero-order valence-electron chi connectivity index (χ0n) is 22.4. The number of nitrogens with one attached hydrogen (secondary N) is 4. The van der Waals surface area contributed by atoms with Gasteiger partial charge in [-0.3, -0.25) is 0 Å². The van der Waals surface area contributed by atoms with E-state index in [0.717, 1.165) is 65.9 Å². The number of fused-ring (bicyclic) bond motifs is 2.